The van der Waals surface area contributed by atoms with E-state index in [1.807, 2.05) is 23.6 Å². The van der Waals surface area contributed by atoms with Gasteiger partial charge in [-0.1, -0.05) is 47.5 Å². The molecule has 1 heterocycles. The molecule has 0 aliphatic rings. The molecule has 2 aromatic carbocycles. The van der Waals surface area contributed by atoms with Gasteiger partial charge in [-0.25, -0.2) is 4.98 Å². The Balaban J connectivity index is 1.72. The average molecular weight is 369 g/mol. The van der Waals surface area contributed by atoms with Crippen molar-refractivity contribution in [3.8, 4) is 11.3 Å². The molecule has 0 radical (unpaired) electrons. The summed E-state index contributed by atoms with van der Waals surface area (Å²) < 4.78 is 0. The first-order valence-electron chi connectivity index (χ1n) is 7.79. The minimum atomic E-state index is -0.234. The summed E-state index contributed by atoms with van der Waals surface area (Å²) in [4.78, 5) is 16.6. The number of anilines is 1. The first-order valence-corrected chi connectivity index (χ1v) is 9.05. The third-order valence-electron chi connectivity index (χ3n) is 3.72. The van der Waals surface area contributed by atoms with Gasteiger partial charge in [0.25, 0.3) is 0 Å². The predicted octanol–water partition coefficient (Wildman–Crippen LogP) is 5.73. The summed E-state index contributed by atoms with van der Waals surface area (Å²) >= 11 is 7.48. The average Bonchev–Trinajstić information content (AvgIpc) is 3.04. The van der Waals surface area contributed by atoms with Gasteiger partial charge >= 0.3 is 0 Å². The largest absolute Gasteiger partial charge is 0.298 e. The van der Waals surface area contributed by atoms with Crippen LogP contribution in [0.4, 0.5) is 5.13 Å². The maximum atomic E-state index is 12.1. The van der Waals surface area contributed by atoms with Crippen molar-refractivity contribution in [1.82, 2.24) is 4.98 Å². The van der Waals surface area contributed by atoms with Crippen LogP contribution in [-0.2, 0) is 4.79 Å². The van der Waals surface area contributed by atoms with E-state index in [1.165, 1.54) is 23.0 Å². The molecule has 0 saturated carbocycles. The summed E-state index contributed by atoms with van der Waals surface area (Å²) in [5.74, 6) is -0.234. The molecule has 3 rings (SSSR count). The van der Waals surface area contributed by atoms with Gasteiger partial charge in [0.1, 0.15) is 0 Å². The van der Waals surface area contributed by atoms with Gasteiger partial charge in [-0.05, 0) is 43.2 Å². The molecule has 0 aliphatic carbocycles. The van der Waals surface area contributed by atoms with Crippen molar-refractivity contribution in [2.45, 2.75) is 13.8 Å². The molecule has 126 valence electrons. The van der Waals surface area contributed by atoms with Gasteiger partial charge in [0.15, 0.2) is 5.13 Å². The van der Waals surface area contributed by atoms with Gasteiger partial charge < -0.3 is 0 Å². The van der Waals surface area contributed by atoms with E-state index < -0.39 is 0 Å². The van der Waals surface area contributed by atoms with E-state index in [2.05, 4.69) is 42.3 Å². The van der Waals surface area contributed by atoms with Crippen molar-refractivity contribution in [2.75, 3.05) is 5.32 Å². The molecular formula is C20H17ClN2OS. The molecule has 0 fully saturated rings. The predicted molar refractivity (Wildman–Crippen MR) is 106 cm³/mol. The highest BCUT2D eigenvalue weighted by molar-refractivity contribution is 7.14. The summed E-state index contributed by atoms with van der Waals surface area (Å²) in [5.41, 5.74) is 5.10. The van der Waals surface area contributed by atoms with Crippen molar-refractivity contribution in [3.05, 3.63) is 75.6 Å². The lowest BCUT2D eigenvalue weighted by atomic mass is 10.0. The number of carbonyl (C=O) groups is 1. The normalized spacial score (nSPS) is 11.0. The molecule has 1 aromatic heterocycles. The second-order valence-electron chi connectivity index (χ2n) is 5.70. The first kappa shape index (κ1) is 17.4. The monoisotopic (exact) mass is 368 g/mol. The Labute approximate surface area is 156 Å². The van der Waals surface area contributed by atoms with Gasteiger partial charge in [0, 0.05) is 22.0 Å². The number of benzene rings is 2. The number of aryl methyl sites for hydroxylation is 2. The maximum absolute atomic E-state index is 12.1. The molecule has 3 nitrogen and oxygen atoms in total. The molecule has 0 aliphatic heterocycles. The van der Waals surface area contributed by atoms with Gasteiger partial charge in [0.2, 0.25) is 5.91 Å². The van der Waals surface area contributed by atoms with Crippen molar-refractivity contribution in [3.63, 3.8) is 0 Å². The standard InChI is InChI=1S/C20H17ClN2OS/c1-13-7-8-14(2)16(11-13)18-12-25-20(22-18)23-19(24)10-9-15-5-3-4-6-17(15)21/h3-12H,1-2H3,(H,22,23,24). The molecule has 0 unspecified atom stereocenters. The third kappa shape index (κ3) is 4.35. The quantitative estimate of drug-likeness (QED) is 0.597. The fourth-order valence-electron chi connectivity index (χ4n) is 2.39. The second kappa shape index (κ2) is 7.64. The molecule has 0 spiro atoms. The molecule has 3 aromatic rings. The van der Waals surface area contributed by atoms with Crippen LogP contribution < -0.4 is 5.32 Å². The number of carbonyl (C=O) groups excluding carboxylic acids is 1. The second-order valence-corrected chi connectivity index (χ2v) is 6.97. The van der Waals surface area contributed by atoms with Gasteiger partial charge in [-0.2, -0.15) is 0 Å². The van der Waals surface area contributed by atoms with Crippen LogP contribution in [0.5, 0.6) is 0 Å². The highest BCUT2D eigenvalue weighted by Gasteiger charge is 2.09. The van der Waals surface area contributed by atoms with Crippen molar-refractivity contribution >= 4 is 40.1 Å². The summed E-state index contributed by atoms with van der Waals surface area (Å²) in [6.07, 6.45) is 3.15. The Hall–Kier alpha value is -2.43. The van der Waals surface area contributed by atoms with Crippen LogP contribution >= 0.6 is 22.9 Å². The topological polar surface area (TPSA) is 42.0 Å². The zero-order valence-electron chi connectivity index (χ0n) is 13.9. The Morgan fingerprint density at radius 3 is 2.80 bits per heavy atom. The minimum Gasteiger partial charge on any atom is -0.298 e. The lowest BCUT2D eigenvalue weighted by molar-refractivity contribution is -0.111. The van der Waals surface area contributed by atoms with Crippen molar-refractivity contribution in [2.24, 2.45) is 0 Å². The van der Waals surface area contributed by atoms with Crippen LogP contribution in [-0.4, -0.2) is 10.9 Å². The fourth-order valence-corrected chi connectivity index (χ4v) is 3.30. The Bertz CT molecular complexity index is 946. The van der Waals surface area contributed by atoms with E-state index in [1.54, 1.807) is 12.1 Å². The van der Waals surface area contributed by atoms with Gasteiger partial charge in [-0.15, -0.1) is 11.3 Å². The molecule has 5 heteroatoms. The number of rotatable bonds is 4. The molecule has 0 bridgehead atoms. The van der Waals surface area contributed by atoms with Gasteiger partial charge in [-0.3, -0.25) is 10.1 Å². The van der Waals surface area contributed by atoms with Crippen LogP contribution in [0.1, 0.15) is 16.7 Å². The van der Waals surface area contributed by atoms with Gasteiger partial charge in [0.05, 0.1) is 5.69 Å². The number of hydrogen-bond acceptors (Lipinski definition) is 3. The lowest BCUT2D eigenvalue weighted by Crippen LogP contribution is -2.07. The van der Waals surface area contributed by atoms with Crippen LogP contribution in [0.2, 0.25) is 5.02 Å². The number of thiazole rings is 1. The SMILES string of the molecule is Cc1ccc(C)c(-c2csc(NC(=O)C=Cc3ccccc3Cl)n2)c1. The number of nitrogens with zero attached hydrogens (tertiary/aromatic N) is 1. The number of nitrogens with one attached hydrogen (secondary N) is 1. The lowest BCUT2D eigenvalue weighted by Gasteiger charge is -2.03. The van der Waals surface area contributed by atoms with E-state index >= 15 is 0 Å². The van der Waals surface area contributed by atoms with Crippen LogP contribution in [0.3, 0.4) is 0 Å². The van der Waals surface area contributed by atoms with Crippen LogP contribution in [0.15, 0.2) is 53.9 Å². The summed E-state index contributed by atoms with van der Waals surface area (Å²) in [5, 5.41) is 5.93. The smallest absolute Gasteiger partial charge is 0.250 e. The van der Waals surface area contributed by atoms with E-state index in [-0.39, 0.29) is 5.91 Å². The number of amides is 1. The van der Waals surface area contributed by atoms with E-state index in [0.29, 0.717) is 10.2 Å². The van der Waals surface area contributed by atoms with E-state index in [0.717, 1.165) is 22.4 Å². The zero-order valence-corrected chi connectivity index (χ0v) is 15.5. The summed E-state index contributed by atoms with van der Waals surface area (Å²) in [6, 6.07) is 13.6. The maximum Gasteiger partial charge on any atom is 0.250 e. The highest BCUT2D eigenvalue weighted by Crippen LogP contribution is 2.28. The first-order chi connectivity index (χ1) is 12.0. The summed E-state index contributed by atoms with van der Waals surface area (Å²) in [6.45, 7) is 4.11. The Morgan fingerprint density at radius 1 is 1.20 bits per heavy atom. The highest BCUT2D eigenvalue weighted by atomic mass is 35.5. The number of aromatic nitrogens is 1. The molecule has 1 N–H and O–H groups in total. The molecule has 1 amide bonds. The van der Waals surface area contributed by atoms with Crippen LogP contribution in [0, 0.1) is 13.8 Å². The molecular weight excluding hydrogens is 352 g/mol. The van der Waals surface area contributed by atoms with E-state index in [9.17, 15) is 4.79 Å². The fraction of sp³-hybridized carbons (Fsp3) is 0.100. The molecule has 0 saturated heterocycles. The zero-order chi connectivity index (χ0) is 17.8. The van der Waals surface area contributed by atoms with Crippen molar-refractivity contribution < 1.29 is 4.79 Å². The van der Waals surface area contributed by atoms with Crippen LogP contribution in [0.25, 0.3) is 17.3 Å². The summed E-state index contributed by atoms with van der Waals surface area (Å²) in [7, 11) is 0. The molecule has 25 heavy (non-hydrogen) atoms. The van der Waals surface area contributed by atoms with E-state index in [4.69, 9.17) is 11.6 Å². The number of hydrogen-bond donors (Lipinski definition) is 1. The van der Waals surface area contributed by atoms with Crippen molar-refractivity contribution in [1.29, 1.82) is 0 Å². The molecule has 0 atom stereocenters. The minimum absolute atomic E-state index is 0.234. The number of halogens is 1. The third-order valence-corrected chi connectivity index (χ3v) is 4.82. The Kier molecular flexibility index (Phi) is 5.31. The Morgan fingerprint density at radius 2 is 2.00 bits per heavy atom.